The van der Waals surface area contributed by atoms with E-state index in [4.69, 9.17) is 0 Å². The summed E-state index contributed by atoms with van der Waals surface area (Å²) in [4.78, 5) is 8.69. The second kappa shape index (κ2) is 7.95. The zero-order valence-electron chi connectivity index (χ0n) is 13.2. The molecular weight excluding hydrogens is 357 g/mol. The fourth-order valence-corrected chi connectivity index (χ4v) is 4.66. The number of thiocarbonyl (C=S) groups is 1. The standard InChI is InChI=1S/C19H16FNS3/c1-2-3-4-14-6-8-18(23-14)19-10-9-17(24-19)13-5-7-16(21-12-22)15(20)11-13/h5-11H,2-4H2,1H3. The van der Waals surface area contributed by atoms with Crippen molar-refractivity contribution < 1.29 is 4.39 Å². The van der Waals surface area contributed by atoms with Gasteiger partial charge in [0.2, 0.25) is 0 Å². The highest BCUT2D eigenvalue weighted by atomic mass is 32.1. The van der Waals surface area contributed by atoms with E-state index in [9.17, 15) is 4.39 Å². The molecule has 0 bridgehead atoms. The molecule has 0 unspecified atom stereocenters. The van der Waals surface area contributed by atoms with Crippen LogP contribution in [-0.2, 0) is 6.42 Å². The number of thiophene rings is 2. The fraction of sp³-hybridized carbons (Fsp3) is 0.211. The van der Waals surface area contributed by atoms with Crippen molar-refractivity contribution in [1.82, 2.24) is 0 Å². The van der Waals surface area contributed by atoms with Crippen molar-refractivity contribution in [2.24, 2.45) is 4.99 Å². The molecule has 24 heavy (non-hydrogen) atoms. The van der Waals surface area contributed by atoms with Gasteiger partial charge in [0.15, 0.2) is 0 Å². The van der Waals surface area contributed by atoms with Crippen LogP contribution >= 0.6 is 34.9 Å². The predicted octanol–water partition coefficient (Wildman–Crippen LogP) is 7.36. The van der Waals surface area contributed by atoms with Crippen LogP contribution in [0, 0.1) is 5.82 Å². The van der Waals surface area contributed by atoms with Gasteiger partial charge in [-0.3, -0.25) is 0 Å². The molecule has 0 radical (unpaired) electrons. The van der Waals surface area contributed by atoms with Crippen LogP contribution in [0.15, 0.2) is 47.5 Å². The Morgan fingerprint density at radius 2 is 1.79 bits per heavy atom. The Kier molecular flexibility index (Phi) is 5.69. The van der Waals surface area contributed by atoms with E-state index < -0.39 is 0 Å². The van der Waals surface area contributed by atoms with Gasteiger partial charge in [-0.1, -0.05) is 19.4 Å². The summed E-state index contributed by atoms with van der Waals surface area (Å²) in [5, 5.41) is 2.20. The van der Waals surface area contributed by atoms with Crippen molar-refractivity contribution >= 4 is 45.7 Å². The average Bonchev–Trinajstić information content (AvgIpc) is 3.24. The minimum atomic E-state index is -0.377. The first-order valence-electron chi connectivity index (χ1n) is 7.78. The van der Waals surface area contributed by atoms with Crippen molar-refractivity contribution in [2.45, 2.75) is 26.2 Å². The molecule has 0 aliphatic rings. The van der Waals surface area contributed by atoms with Gasteiger partial charge < -0.3 is 0 Å². The average molecular weight is 374 g/mol. The van der Waals surface area contributed by atoms with Crippen molar-refractivity contribution in [2.75, 3.05) is 0 Å². The molecule has 3 aromatic rings. The van der Waals surface area contributed by atoms with Gasteiger partial charge in [0.25, 0.3) is 0 Å². The lowest BCUT2D eigenvalue weighted by atomic mass is 10.1. The van der Waals surface area contributed by atoms with Gasteiger partial charge in [0, 0.05) is 19.5 Å². The lowest BCUT2D eigenvalue weighted by Crippen LogP contribution is -1.78. The van der Waals surface area contributed by atoms with Crippen molar-refractivity contribution in [3.8, 4) is 20.2 Å². The van der Waals surface area contributed by atoms with Gasteiger partial charge >= 0.3 is 0 Å². The maximum Gasteiger partial charge on any atom is 0.150 e. The summed E-state index contributed by atoms with van der Waals surface area (Å²) in [5.74, 6) is -0.377. The highest BCUT2D eigenvalue weighted by Crippen LogP contribution is 2.38. The molecule has 0 amide bonds. The third-order valence-corrected chi connectivity index (χ3v) is 6.25. The Hall–Kier alpha value is -1.65. The molecule has 0 saturated carbocycles. The predicted molar refractivity (Wildman–Crippen MR) is 106 cm³/mol. The Morgan fingerprint density at radius 1 is 1.04 bits per heavy atom. The van der Waals surface area contributed by atoms with Crippen molar-refractivity contribution in [3.63, 3.8) is 0 Å². The van der Waals surface area contributed by atoms with E-state index in [-0.39, 0.29) is 11.5 Å². The molecule has 122 valence electrons. The maximum atomic E-state index is 14.0. The highest BCUT2D eigenvalue weighted by Gasteiger charge is 2.10. The summed E-state index contributed by atoms with van der Waals surface area (Å²) in [7, 11) is 0. The van der Waals surface area contributed by atoms with E-state index in [2.05, 4.69) is 47.5 Å². The summed E-state index contributed by atoms with van der Waals surface area (Å²) < 4.78 is 14.0. The van der Waals surface area contributed by atoms with Crippen LogP contribution < -0.4 is 0 Å². The number of nitrogens with zero attached hydrogens (tertiary/aromatic N) is 1. The molecule has 1 aromatic carbocycles. The van der Waals surface area contributed by atoms with E-state index >= 15 is 0 Å². The Balaban J connectivity index is 1.84. The van der Waals surface area contributed by atoms with E-state index in [0.717, 1.165) is 16.9 Å². The largest absolute Gasteiger partial charge is 0.205 e. The highest BCUT2D eigenvalue weighted by molar-refractivity contribution is 7.78. The normalized spacial score (nSPS) is 10.6. The summed E-state index contributed by atoms with van der Waals surface area (Å²) in [6, 6.07) is 13.6. The van der Waals surface area contributed by atoms with Gasteiger partial charge in [-0.25, -0.2) is 4.39 Å². The van der Waals surface area contributed by atoms with Gasteiger partial charge in [-0.2, -0.15) is 4.99 Å². The zero-order chi connectivity index (χ0) is 16.9. The lowest BCUT2D eigenvalue weighted by molar-refractivity contribution is 0.630. The number of unbranched alkanes of at least 4 members (excludes halogenated alkanes) is 1. The van der Waals surface area contributed by atoms with Gasteiger partial charge in [0.05, 0.1) is 5.16 Å². The molecule has 0 spiro atoms. The molecule has 2 heterocycles. The Labute approximate surface area is 154 Å². The Morgan fingerprint density at radius 3 is 2.54 bits per heavy atom. The summed E-state index contributed by atoms with van der Waals surface area (Å²) in [6.07, 6.45) is 3.59. The third kappa shape index (κ3) is 3.87. The number of rotatable bonds is 6. The quantitative estimate of drug-likeness (QED) is 0.325. The molecule has 1 nitrogen and oxygen atoms in total. The number of hydrogen-bond acceptors (Lipinski definition) is 4. The molecule has 0 N–H and O–H groups in total. The molecular formula is C19H16FNS3. The third-order valence-electron chi connectivity index (χ3n) is 3.69. The van der Waals surface area contributed by atoms with E-state index in [1.807, 2.05) is 23.5 Å². The van der Waals surface area contributed by atoms with Crippen LogP contribution in [0.25, 0.3) is 20.2 Å². The Bertz CT molecular complexity index is 888. The van der Waals surface area contributed by atoms with Crippen LogP contribution in [-0.4, -0.2) is 5.16 Å². The number of aryl methyl sites for hydroxylation is 1. The van der Waals surface area contributed by atoms with Crippen LogP contribution in [0.4, 0.5) is 10.1 Å². The molecule has 3 rings (SSSR count). The second-order valence-electron chi connectivity index (χ2n) is 5.40. The number of halogens is 1. The fourth-order valence-electron chi connectivity index (χ4n) is 2.42. The summed E-state index contributed by atoms with van der Waals surface area (Å²) in [5.41, 5.74) is 1.08. The van der Waals surface area contributed by atoms with Crippen molar-refractivity contribution in [1.29, 1.82) is 0 Å². The number of benzene rings is 1. The second-order valence-corrected chi connectivity index (χ2v) is 7.84. The van der Waals surface area contributed by atoms with Crippen LogP contribution in [0.5, 0.6) is 0 Å². The number of hydrogen-bond donors (Lipinski definition) is 0. The minimum absolute atomic E-state index is 0.226. The SMILES string of the molecule is CCCCc1ccc(-c2ccc(-c3ccc(N=C=S)c(F)c3)s2)s1. The first-order chi connectivity index (χ1) is 11.7. The number of isothiocyanates is 1. The van der Waals surface area contributed by atoms with E-state index in [1.54, 1.807) is 17.4 Å². The number of aliphatic imine (C=N–C) groups is 1. The first-order valence-corrected chi connectivity index (χ1v) is 9.82. The van der Waals surface area contributed by atoms with Crippen LogP contribution in [0.1, 0.15) is 24.6 Å². The topological polar surface area (TPSA) is 12.4 Å². The van der Waals surface area contributed by atoms with Crippen LogP contribution in [0.3, 0.4) is 0 Å². The molecule has 0 fully saturated rings. The summed E-state index contributed by atoms with van der Waals surface area (Å²) >= 11 is 8.05. The monoisotopic (exact) mass is 373 g/mol. The lowest BCUT2D eigenvalue weighted by Gasteiger charge is -2.00. The first kappa shape index (κ1) is 17.2. The maximum absolute atomic E-state index is 14.0. The smallest absolute Gasteiger partial charge is 0.150 e. The van der Waals surface area contributed by atoms with Crippen LogP contribution in [0.2, 0.25) is 0 Å². The van der Waals surface area contributed by atoms with Gasteiger partial charge in [-0.05, 0) is 67.0 Å². The van der Waals surface area contributed by atoms with Gasteiger partial charge in [-0.15, -0.1) is 22.7 Å². The van der Waals surface area contributed by atoms with E-state index in [1.165, 1.54) is 33.5 Å². The molecule has 5 heteroatoms. The zero-order valence-corrected chi connectivity index (χ0v) is 15.7. The molecule has 2 aromatic heterocycles. The minimum Gasteiger partial charge on any atom is -0.205 e. The van der Waals surface area contributed by atoms with Crippen molar-refractivity contribution in [3.05, 3.63) is 53.2 Å². The molecule has 0 saturated heterocycles. The van der Waals surface area contributed by atoms with Gasteiger partial charge in [0.1, 0.15) is 11.5 Å². The summed E-state index contributed by atoms with van der Waals surface area (Å²) in [6.45, 7) is 2.21. The van der Waals surface area contributed by atoms with E-state index in [0.29, 0.717) is 0 Å². The molecule has 0 atom stereocenters. The molecule has 0 aliphatic heterocycles. The molecule has 0 aliphatic carbocycles.